The zero-order chi connectivity index (χ0) is 17.9. The summed E-state index contributed by atoms with van der Waals surface area (Å²) in [4.78, 5) is 34.9. The number of aliphatic hydroxyl groups is 1. The molecule has 0 saturated carbocycles. The summed E-state index contributed by atoms with van der Waals surface area (Å²) in [7, 11) is 0. The molecule has 132 valence electrons. The number of unbranched alkanes of at least 4 members (excludes halogenated alkanes) is 3. The van der Waals surface area contributed by atoms with Gasteiger partial charge in [-0.25, -0.2) is 4.79 Å². The predicted octanol–water partition coefficient (Wildman–Crippen LogP) is 2.22. The number of carbonyl (C=O) groups excluding carboxylic acids is 2. The smallest absolute Gasteiger partial charge is 0.326 e. The van der Waals surface area contributed by atoms with Crippen LogP contribution in [0.1, 0.15) is 57.1 Å². The number of nitrogens with one attached hydrogen (secondary N) is 1. The van der Waals surface area contributed by atoms with Gasteiger partial charge in [-0.3, -0.25) is 9.59 Å². The van der Waals surface area contributed by atoms with E-state index in [0.717, 1.165) is 19.3 Å². The average Bonchev–Trinajstić information content (AvgIpc) is 2.58. The van der Waals surface area contributed by atoms with Gasteiger partial charge in [0.2, 0.25) is 5.78 Å². The number of aliphatic hydroxyl groups excluding tert-OH is 1. The molecule has 0 unspecified atom stereocenters. The van der Waals surface area contributed by atoms with Crippen LogP contribution < -0.4 is 5.32 Å². The lowest BCUT2D eigenvalue weighted by Gasteiger charge is -2.18. The van der Waals surface area contributed by atoms with Gasteiger partial charge >= 0.3 is 5.97 Å². The van der Waals surface area contributed by atoms with E-state index in [1.807, 2.05) is 6.92 Å². The normalized spacial score (nSPS) is 13.1. The molecule has 3 N–H and O–H groups in total. The molecule has 0 aromatic heterocycles. The molecule has 0 aliphatic heterocycles. The van der Waals surface area contributed by atoms with Crippen molar-refractivity contribution in [3.8, 4) is 0 Å². The zero-order valence-corrected chi connectivity index (χ0v) is 13.9. The first kappa shape index (κ1) is 19.8. The fourth-order valence-electron chi connectivity index (χ4n) is 2.32. The number of aliphatic carboxylic acids is 1. The summed E-state index contributed by atoms with van der Waals surface area (Å²) in [6.45, 7) is 2.05. The highest BCUT2D eigenvalue weighted by atomic mass is 16.4. The van der Waals surface area contributed by atoms with Crippen molar-refractivity contribution in [2.24, 2.45) is 0 Å². The summed E-state index contributed by atoms with van der Waals surface area (Å²) in [6, 6.07) is 7.27. The van der Waals surface area contributed by atoms with Crippen LogP contribution in [0.5, 0.6) is 0 Å². The van der Waals surface area contributed by atoms with Gasteiger partial charge in [0.1, 0.15) is 6.04 Å². The zero-order valence-electron chi connectivity index (χ0n) is 13.9. The first-order chi connectivity index (χ1) is 11.5. The van der Waals surface area contributed by atoms with Crippen LogP contribution in [0.3, 0.4) is 0 Å². The number of benzene rings is 1. The largest absolute Gasteiger partial charge is 0.480 e. The summed E-state index contributed by atoms with van der Waals surface area (Å²) in [5.41, 5.74) is 0.559. The first-order valence-electron chi connectivity index (χ1n) is 8.25. The van der Waals surface area contributed by atoms with Crippen LogP contribution >= 0.6 is 0 Å². The summed E-state index contributed by atoms with van der Waals surface area (Å²) in [6.07, 6.45) is 2.38. The number of amides is 1. The molecule has 0 bridgehead atoms. The molecule has 0 fully saturated rings. The Balaban J connectivity index is 2.54. The minimum absolute atomic E-state index is 0.111. The number of carboxylic acids is 1. The van der Waals surface area contributed by atoms with Crippen molar-refractivity contribution < 1.29 is 24.6 Å². The van der Waals surface area contributed by atoms with Gasteiger partial charge in [-0.05, 0) is 12.0 Å². The van der Waals surface area contributed by atoms with E-state index < -0.39 is 29.8 Å². The molecule has 6 nitrogen and oxygen atoms in total. The standard InChI is InChI=1S/C18H25NO5/c1-2-3-4-8-11-15(20)17(22)19-14(18(23)24)12-16(21)13-9-6-5-7-10-13/h5-7,9-10,14,16,21H,2-4,8,11-12H2,1H3,(H,19,22)(H,23,24)/t14-,16+/m0/s1. The second-order valence-electron chi connectivity index (χ2n) is 5.76. The molecular formula is C18H25NO5. The minimum atomic E-state index is -1.31. The molecule has 0 heterocycles. The molecule has 0 spiro atoms. The maximum atomic E-state index is 11.8. The van der Waals surface area contributed by atoms with Crippen molar-refractivity contribution in [2.45, 2.75) is 57.6 Å². The topological polar surface area (TPSA) is 104 Å². The van der Waals surface area contributed by atoms with Crippen LogP contribution in [0.2, 0.25) is 0 Å². The number of carbonyl (C=O) groups is 3. The van der Waals surface area contributed by atoms with Gasteiger partial charge in [0.25, 0.3) is 5.91 Å². The lowest BCUT2D eigenvalue weighted by molar-refractivity contribution is -0.145. The molecule has 1 aromatic rings. The highest BCUT2D eigenvalue weighted by Crippen LogP contribution is 2.18. The summed E-state index contributed by atoms with van der Waals surface area (Å²) < 4.78 is 0. The van der Waals surface area contributed by atoms with Crippen LogP contribution in [0.4, 0.5) is 0 Å². The van der Waals surface area contributed by atoms with E-state index in [1.54, 1.807) is 30.3 Å². The van der Waals surface area contributed by atoms with E-state index in [0.29, 0.717) is 12.0 Å². The van der Waals surface area contributed by atoms with Gasteiger partial charge in [0.15, 0.2) is 0 Å². The highest BCUT2D eigenvalue weighted by Gasteiger charge is 2.26. The van der Waals surface area contributed by atoms with Crippen LogP contribution in [0.25, 0.3) is 0 Å². The molecule has 1 rings (SSSR count). The van der Waals surface area contributed by atoms with Gasteiger partial charge in [-0.2, -0.15) is 0 Å². The van der Waals surface area contributed by atoms with Gasteiger partial charge in [-0.15, -0.1) is 0 Å². The van der Waals surface area contributed by atoms with Crippen LogP contribution in [0.15, 0.2) is 30.3 Å². The fraction of sp³-hybridized carbons (Fsp3) is 0.500. The number of Topliss-reactive ketones (excluding diaryl/α,β-unsaturated/α-hetero) is 1. The molecule has 2 atom stereocenters. The molecule has 0 aliphatic rings. The van der Waals surface area contributed by atoms with Gasteiger partial charge in [0.05, 0.1) is 6.10 Å². The van der Waals surface area contributed by atoms with Crippen molar-refractivity contribution in [1.82, 2.24) is 5.32 Å². The molecule has 24 heavy (non-hydrogen) atoms. The third-order valence-electron chi connectivity index (χ3n) is 3.76. The second kappa shape index (κ2) is 10.5. The van der Waals surface area contributed by atoms with Gasteiger partial charge < -0.3 is 15.5 Å². The molecule has 0 radical (unpaired) electrons. The first-order valence-corrected chi connectivity index (χ1v) is 8.25. The van der Waals surface area contributed by atoms with E-state index in [1.165, 1.54) is 0 Å². The highest BCUT2D eigenvalue weighted by molar-refractivity contribution is 6.36. The Morgan fingerprint density at radius 1 is 1.08 bits per heavy atom. The SMILES string of the molecule is CCCCCCC(=O)C(=O)N[C@@H](C[C@@H](O)c1ccccc1)C(=O)O. The molecule has 6 heteroatoms. The Morgan fingerprint density at radius 3 is 2.33 bits per heavy atom. The quantitative estimate of drug-likeness (QED) is 0.425. The Morgan fingerprint density at radius 2 is 1.75 bits per heavy atom. The van der Waals surface area contributed by atoms with E-state index in [9.17, 15) is 24.6 Å². The Labute approximate surface area is 141 Å². The van der Waals surface area contributed by atoms with E-state index in [-0.39, 0.29) is 12.8 Å². The van der Waals surface area contributed by atoms with Crippen LogP contribution in [-0.4, -0.2) is 33.9 Å². The van der Waals surface area contributed by atoms with Gasteiger partial charge in [0, 0.05) is 12.8 Å². The lowest BCUT2D eigenvalue weighted by atomic mass is 10.0. The lowest BCUT2D eigenvalue weighted by Crippen LogP contribution is -2.44. The van der Waals surface area contributed by atoms with Crippen LogP contribution in [-0.2, 0) is 14.4 Å². The minimum Gasteiger partial charge on any atom is -0.480 e. The Bertz CT molecular complexity index is 544. The Hall–Kier alpha value is -2.21. The molecule has 0 saturated heterocycles. The van der Waals surface area contributed by atoms with Crippen molar-refractivity contribution in [3.05, 3.63) is 35.9 Å². The molecule has 0 aliphatic carbocycles. The predicted molar refractivity (Wildman–Crippen MR) is 89.4 cm³/mol. The molecule has 1 amide bonds. The van der Waals surface area contributed by atoms with Crippen molar-refractivity contribution in [2.75, 3.05) is 0 Å². The second-order valence-corrected chi connectivity index (χ2v) is 5.76. The van der Waals surface area contributed by atoms with E-state index in [2.05, 4.69) is 5.32 Å². The summed E-state index contributed by atoms with van der Waals surface area (Å²) in [5, 5.41) is 21.5. The maximum absolute atomic E-state index is 11.8. The number of carboxylic acid groups (broad SMARTS) is 1. The maximum Gasteiger partial charge on any atom is 0.326 e. The van der Waals surface area contributed by atoms with E-state index in [4.69, 9.17) is 0 Å². The number of rotatable bonds is 11. The van der Waals surface area contributed by atoms with Crippen molar-refractivity contribution >= 4 is 17.7 Å². The van der Waals surface area contributed by atoms with Crippen LogP contribution in [0, 0.1) is 0 Å². The summed E-state index contributed by atoms with van der Waals surface area (Å²) in [5.74, 6) is -2.80. The average molecular weight is 335 g/mol. The Kier molecular flexibility index (Phi) is 8.71. The number of hydrogen-bond acceptors (Lipinski definition) is 4. The number of hydrogen-bond donors (Lipinski definition) is 3. The molecule has 1 aromatic carbocycles. The van der Waals surface area contributed by atoms with E-state index >= 15 is 0 Å². The van der Waals surface area contributed by atoms with Gasteiger partial charge in [-0.1, -0.05) is 56.5 Å². The fourth-order valence-corrected chi connectivity index (χ4v) is 2.32. The van der Waals surface area contributed by atoms with Crippen molar-refractivity contribution in [3.63, 3.8) is 0 Å². The monoisotopic (exact) mass is 335 g/mol. The number of ketones is 1. The summed E-state index contributed by atoms with van der Waals surface area (Å²) >= 11 is 0. The third kappa shape index (κ3) is 6.91. The molecular weight excluding hydrogens is 310 g/mol. The van der Waals surface area contributed by atoms with Crippen molar-refractivity contribution in [1.29, 1.82) is 0 Å². The third-order valence-corrected chi connectivity index (χ3v) is 3.76.